The number of halogens is 1. The Balaban J connectivity index is 2.83. The predicted octanol–water partition coefficient (Wildman–Crippen LogP) is 0.290. The molecule has 2 N–H and O–H groups in total. The van der Waals surface area contributed by atoms with Crippen LogP contribution in [0.2, 0.25) is 0 Å². The number of aliphatic carboxylic acids is 1. The second-order valence-electron chi connectivity index (χ2n) is 1.58. The number of carboxylic acids is 1. The highest BCUT2D eigenvalue weighted by Crippen LogP contribution is 1.75. The molecule has 0 aromatic heterocycles. The first-order chi connectivity index (χ1) is 4.27. The lowest BCUT2D eigenvalue weighted by molar-refractivity contribution is -0.136. The van der Waals surface area contributed by atoms with Crippen molar-refractivity contribution in [1.82, 2.24) is 5.32 Å². The van der Waals surface area contributed by atoms with Crippen LogP contribution in [0, 0.1) is 0 Å². The fraction of sp³-hybridized carbons (Fsp3) is 0.800. The van der Waals surface area contributed by atoms with E-state index in [1.807, 2.05) is 0 Å². The van der Waals surface area contributed by atoms with E-state index in [9.17, 15) is 4.79 Å². The van der Waals surface area contributed by atoms with Crippen LogP contribution in [-0.4, -0.2) is 30.0 Å². The number of hydrogen-bond acceptors (Lipinski definition) is 2. The molecule has 0 heterocycles. The van der Waals surface area contributed by atoms with E-state index in [4.69, 9.17) is 16.7 Å². The maximum atomic E-state index is 9.89. The quantitative estimate of drug-likeness (QED) is 0.439. The van der Waals surface area contributed by atoms with E-state index in [0.717, 1.165) is 0 Å². The highest BCUT2D eigenvalue weighted by atomic mass is 35.5. The molecule has 0 aliphatic heterocycles. The van der Waals surface area contributed by atoms with Gasteiger partial charge in [0.05, 0.1) is 6.42 Å². The lowest BCUT2D eigenvalue weighted by Gasteiger charge is -1.96. The van der Waals surface area contributed by atoms with E-state index in [0.29, 0.717) is 19.0 Å². The van der Waals surface area contributed by atoms with Gasteiger partial charge in [-0.15, -0.1) is 11.6 Å². The van der Waals surface area contributed by atoms with E-state index in [1.54, 1.807) is 0 Å². The molecule has 0 unspecified atom stereocenters. The summed E-state index contributed by atoms with van der Waals surface area (Å²) >= 11 is 5.31. The van der Waals surface area contributed by atoms with E-state index < -0.39 is 5.97 Å². The Morgan fingerprint density at radius 1 is 1.56 bits per heavy atom. The maximum absolute atomic E-state index is 9.89. The van der Waals surface area contributed by atoms with Crippen LogP contribution in [0.4, 0.5) is 0 Å². The van der Waals surface area contributed by atoms with E-state index in [-0.39, 0.29) is 6.42 Å². The summed E-state index contributed by atoms with van der Waals surface area (Å²) in [6, 6.07) is 0. The molecule has 0 atom stereocenters. The van der Waals surface area contributed by atoms with Gasteiger partial charge >= 0.3 is 5.97 Å². The molecule has 0 fully saturated rings. The zero-order chi connectivity index (χ0) is 7.11. The fourth-order valence-corrected chi connectivity index (χ4v) is 0.521. The van der Waals surface area contributed by atoms with Crippen molar-refractivity contribution in [3.8, 4) is 0 Å². The van der Waals surface area contributed by atoms with Crippen LogP contribution in [0.25, 0.3) is 0 Å². The van der Waals surface area contributed by atoms with Gasteiger partial charge in [0.2, 0.25) is 0 Å². The molecule has 3 nitrogen and oxygen atoms in total. The third-order valence-corrected chi connectivity index (χ3v) is 0.976. The van der Waals surface area contributed by atoms with Gasteiger partial charge in [-0.05, 0) is 0 Å². The molecular formula is C5H10ClNO2. The summed E-state index contributed by atoms with van der Waals surface area (Å²) in [7, 11) is 0. The second-order valence-corrected chi connectivity index (χ2v) is 1.96. The van der Waals surface area contributed by atoms with Crippen molar-refractivity contribution in [2.75, 3.05) is 19.0 Å². The summed E-state index contributed by atoms with van der Waals surface area (Å²) in [5, 5.41) is 11.0. The highest BCUT2D eigenvalue weighted by molar-refractivity contribution is 6.18. The Labute approximate surface area is 59.0 Å². The predicted molar refractivity (Wildman–Crippen MR) is 35.8 cm³/mol. The molecule has 0 saturated heterocycles. The summed E-state index contributed by atoms with van der Waals surface area (Å²) in [6.45, 7) is 1.18. The van der Waals surface area contributed by atoms with Crippen LogP contribution in [0.5, 0.6) is 0 Å². The molecule has 54 valence electrons. The summed E-state index contributed by atoms with van der Waals surface area (Å²) in [4.78, 5) is 9.89. The molecule has 0 saturated carbocycles. The van der Waals surface area contributed by atoms with Crippen molar-refractivity contribution in [2.45, 2.75) is 6.42 Å². The Kier molecular flexibility index (Phi) is 5.67. The number of carboxylic acid groups (broad SMARTS) is 1. The van der Waals surface area contributed by atoms with Gasteiger partial charge in [-0.25, -0.2) is 0 Å². The Morgan fingerprint density at radius 3 is 2.67 bits per heavy atom. The molecule has 0 aromatic rings. The van der Waals surface area contributed by atoms with E-state index in [1.165, 1.54) is 0 Å². The van der Waals surface area contributed by atoms with Gasteiger partial charge < -0.3 is 10.4 Å². The van der Waals surface area contributed by atoms with Crippen LogP contribution in [0.15, 0.2) is 0 Å². The summed E-state index contributed by atoms with van der Waals surface area (Å²) in [6.07, 6.45) is 0.164. The molecule has 9 heavy (non-hydrogen) atoms. The largest absolute Gasteiger partial charge is 0.481 e. The molecule has 0 rings (SSSR count). The minimum atomic E-state index is -0.780. The van der Waals surface area contributed by atoms with Crippen LogP contribution in [-0.2, 0) is 4.79 Å². The highest BCUT2D eigenvalue weighted by Gasteiger charge is 1.93. The standard InChI is InChI=1S/C5H10ClNO2/c6-2-4-7-3-1-5(8)9/h7H,1-4H2,(H,8,9). The summed E-state index contributed by atoms with van der Waals surface area (Å²) < 4.78 is 0. The first-order valence-corrected chi connectivity index (χ1v) is 3.29. The van der Waals surface area contributed by atoms with Gasteiger partial charge in [0.25, 0.3) is 0 Å². The average molecular weight is 152 g/mol. The Hall–Kier alpha value is -0.280. The van der Waals surface area contributed by atoms with E-state index in [2.05, 4.69) is 5.32 Å². The smallest absolute Gasteiger partial charge is 0.304 e. The van der Waals surface area contributed by atoms with Gasteiger partial charge in [-0.2, -0.15) is 0 Å². The molecular weight excluding hydrogens is 142 g/mol. The van der Waals surface area contributed by atoms with Gasteiger partial charge in [0.15, 0.2) is 0 Å². The molecule has 0 amide bonds. The lowest BCUT2D eigenvalue weighted by atomic mass is 10.4. The van der Waals surface area contributed by atoms with Crippen LogP contribution in [0.1, 0.15) is 6.42 Å². The number of alkyl halides is 1. The van der Waals surface area contributed by atoms with Gasteiger partial charge in [0, 0.05) is 19.0 Å². The number of nitrogens with one attached hydrogen (secondary N) is 1. The number of carbonyl (C=O) groups is 1. The topological polar surface area (TPSA) is 49.3 Å². The summed E-state index contributed by atoms with van der Waals surface area (Å²) in [5.41, 5.74) is 0. The third-order valence-electron chi connectivity index (χ3n) is 0.787. The van der Waals surface area contributed by atoms with Crippen molar-refractivity contribution < 1.29 is 9.90 Å². The first kappa shape index (κ1) is 8.72. The number of hydrogen-bond donors (Lipinski definition) is 2. The van der Waals surface area contributed by atoms with Gasteiger partial charge in [-0.3, -0.25) is 4.79 Å². The molecule has 0 bridgehead atoms. The Morgan fingerprint density at radius 2 is 2.22 bits per heavy atom. The van der Waals surface area contributed by atoms with Gasteiger partial charge in [-0.1, -0.05) is 0 Å². The fourth-order valence-electron chi connectivity index (χ4n) is 0.387. The maximum Gasteiger partial charge on any atom is 0.304 e. The van der Waals surface area contributed by atoms with Crippen molar-refractivity contribution >= 4 is 17.6 Å². The average Bonchev–Trinajstić information content (AvgIpc) is 1.80. The molecule has 0 aliphatic rings. The van der Waals surface area contributed by atoms with E-state index >= 15 is 0 Å². The van der Waals surface area contributed by atoms with Crippen LogP contribution in [0.3, 0.4) is 0 Å². The molecule has 0 spiro atoms. The normalized spacial score (nSPS) is 9.44. The SMILES string of the molecule is O=C(O)CCNCCCl. The van der Waals surface area contributed by atoms with Crippen LogP contribution >= 0.6 is 11.6 Å². The lowest BCUT2D eigenvalue weighted by Crippen LogP contribution is -2.19. The summed E-state index contributed by atoms with van der Waals surface area (Å²) in [5.74, 6) is -0.253. The first-order valence-electron chi connectivity index (χ1n) is 2.76. The zero-order valence-electron chi connectivity index (χ0n) is 5.06. The molecule has 0 aromatic carbocycles. The Bertz CT molecular complexity index is 87.0. The van der Waals surface area contributed by atoms with Gasteiger partial charge in [0.1, 0.15) is 0 Å². The second kappa shape index (κ2) is 5.85. The number of rotatable bonds is 5. The van der Waals surface area contributed by atoms with Crippen molar-refractivity contribution in [3.63, 3.8) is 0 Å². The van der Waals surface area contributed by atoms with Crippen molar-refractivity contribution in [2.24, 2.45) is 0 Å². The monoisotopic (exact) mass is 151 g/mol. The molecule has 0 aliphatic carbocycles. The molecule has 0 radical (unpaired) electrons. The zero-order valence-corrected chi connectivity index (χ0v) is 5.82. The minimum Gasteiger partial charge on any atom is -0.481 e. The van der Waals surface area contributed by atoms with Crippen molar-refractivity contribution in [1.29, 1.82) is 0 Å². The minimum absolute atomic E-state index is 0.164. The third kappa shape index (κ3) is 7.72. The molecule has 4 heteroatoms. The van der Waals surface area contributed by atoms with Crippen LogP contribution < -0.4 is 5.32 Å². The van der Waals surface area contributed by atoms with Crippen molar-refractivity contribution in [3.05, 3.63) is 0 Å².